The van der Waals surface area contributed by atoms with Crippen LogP contribution in [0.15, 0.2) is 42.5 Å². The molecule has 0 saturated heterocycles. The Morgan fingerprint density at radius 3 is 2.43 bits per heavy atom. The molecule has 21 heavy (non-hydrogen) atoms. The Morgan fingerprint density at radius 1 is 1.00 bits per heavy atom. The number of rotatable bonds is 4. The molecule has 2 rings (SSSR count). The van der Waals surface area contributed by atoms with Gasteiger partial charge in [-0.15, -0.1) is 13.2 Å². The van der Waals surface area contributed by atoms with Crippen LogP contribution in [-0.2, 0) is 6.54 Å². The zero-order chi connectivity index (χ0) is 15.5. The van der Waals surface area contributed by atoms with Gasteiger partial charge in [0.1, 0.15) is 5.75 Å². The number of benzene rings is 2. The molecule has 2 nitrogen and oxygen atoms in total. The lowest BCUT2D eigenvalue weighted by Crippen LogP contribution is -2.17. The molecule has 0 aliphatic rings. The van der Waals surface area contributed by atoms with Gasteiger partial charge in [0.15, 0.2) is 0 Å². The second-order valence-corrected chi connectivity index (χ2v) is 4.99. The number of ether oxygens (including phenoxy) is 1. The maximum atomic E-state index is 12.1. The van der Waals surface area contributed by atoms with Crippen LogP contribution in [0.3, 0.4) is 0 Å². The number of nitrogens with one attached hydrogen (secondary N) is 1. The van der Waals surface area contributed by atoms with E-state index in [1.807, 2.05) is 0 Å². The summed E-state index contributed by atoms with van der Waals surface area (Å²) >= 11 is 11.7. The Balaban J connectivity index is 2.03. The van der Waals surface area contributed by atoms with E-state index in [0.29, 0.717) is 27.8 Å². The van der Waals surface area contributed by atoms with Crippen LogP contribution >= 0.6 is 23.2 Å². The second kappa shape index (κ2) is 6.45. The molecule has 7 heteroatoms. The topological polar surface area (TPSA) is 21.3 Å². The van der Waals surface area contributed by atoms with Crippen molar-refractivity contribution in [3.05, 3.63) is 58.1 Å². The van der Waals surface area contributed by atoms with Crippen molar-refractivity contribution in [2.75, 3.05) is 5.32 Å². The average molecular weight is 336 g/mol. The van der Waals surface area contributed by atoms with E-state index in [4.69, 9.17) is 23.2 Å². The summed E-state index contributed by atoms with van der Waals surface area (Å²) in [4.78, 5) is 0. The summed E-state index contributed by atoms with van der Waals surface area (Å²) in [5, 5.41) is 3.87. The van der Waals surface area contributed by atoms with Gasteiger partial charge in [0.05, 0.1) is 10.0 Å². The predicted molar refractivity (Wildman–Crippen MR) is 76.9 cm³/mol. The van der Waals surface area contributed by atoms with Gasteiger partial charge in [-0.2, -0.15) is 0 Å². The Kier molecular flexibility index (Phi) is 4.85. The molecule has 0 heterocycles. The first-order valence-electron chi connectivity index (χ1n) is 5.87. The molecule has 2 aromatic rings. The molecule has 112 valence electrons. The number of alkyl halides is 3. The van der Waals surface area contributed by atoms with Crippen LogP contribution in [0.2, 0.25) is 10.0 Å². The van der Waals surface area contributed by atoms with Gasteiger partial charge in [-0.1, -0.05) is 35.3 Å². The van der Waals surface area contributed by atoms with Crippen molar-refractivity contribution in [2.45, 2.75) is 12.9 Å². The molecule has 0 aliphatic heterocycles. The molecular weight excluding hydrogens is 326 g/mol. The fourth-order valence-corrected chi connectivity index (χ4v) is 1.96. The molecule has 0 fully saturated rings. The molecule has 0 aromatic heterocycles. The molecular formula is C14H10Cl2F3NO. The smallest absolute Gasteiger partial charge is 0.406 e. The van der Waals surface area contributed by atoms with Gasteiger partial charge < -0.3 is 10.1 Å². The summed E-state index contributed by atoms with van der Waals surface area (Å²) in [5.41, 5.74) is 1.36. The van der Waals surface area contributed by atoms with Gasteiger partial charge in [-0.3, -0.25) is 0 Å². The van der Waals surface area contributed by atoms with Crippen molar-refractivity contribution in [3.63, 3.8) is 0 Å². The van der Waals surface area contributed by atoms with Crippen molar-refractivity contribution < 1.29 is 17.9 Å². The minimum absolute atomic E-state index is 0.254. The van der Waals surface area contributed by atoms with E-state index in [-0.39, 0.29) is 5.75 Å². The number of anilines is 1. The summed E-state index contributed by atoms with van der Waals surface area (Å²) in [6, 6.07) is 10.7. The van der Waals surface area contributed by atoms with E-state index in [1.54, 1.807) is 24.3 Å². The molecule has 0 amide bonds. The summed E-state index contributed by atoms with van der Waals surface area (Å²) in [6.45, 7) is 0.326. The highest BCUT2D eigenvalue weighted by molar-refractivity contribution is 6.42. The highest BCUT2D eigenvalue weighted by Gasteiger charge is 2.31. The average Bonchev–Trinajstić information content (AvgIpc) is 2.39. The number of halogens is 5. The summed E-state index contributed by atoms with van der Waals surface area (Å²) in [5.74, 6) is -0.254. The number of hydrogen-bond acceptors (Lipinski definition) is 2. The summed E-state index contributed by atoms with van der Waals surface area (Å²) in [7, 11) is 0. The molecule has 0 unspecified atom stereocenters. The van der Waals surface area contributed by atoms with Gasteiger partial charge in [0.2, 0.25) is 0 Å². The highest BCUT2D eigenvalue weighted by Crippen LogP contribution is 2.26. The first-order valence-corrected chi connectivity index (χ1v) is 6.63. The third kappa shape index (κ3) is 5.02. The molecule has 0 bridgehead atoms. The Labute approximate surface area is 129 Å². The van der Waals surface area contributed by atoms with E-state index >= 15 is 0 Å². The van der Waals surface area contributed by atoms with Gasteiger partial charge in [-0.25, -0.2) is 0 Å². The van der Waals surface area contributed by atoms with Crippen molar-refractivity contribution >= 4 is 28.9 Å². The minimum atomic E-state index is -4.70. The molecule has 2 aromatic carbocycles. The lowest BCUT2D eigenvalue weighted by molar-refractivity contribution is -0.274. The van der Waals surface area contributed by atoms with Crippen LogP contribution in [0, 0.1) is 0 Å². The first-order chi connectivity index (χ1) is 9.83. The fraction of sp³-hybridized carbons (Fsp3) is 0.143. The van der Waals surface area contributed by atoms with Crippen LogP contribution < -0.4 is 10.1 Å². The Morgan fingerprint density at radius 2 is 1.76 bits per heavy atom. The second-order valence-electron chi connectivity index (χ2n) is 4.18. The van der Waals surface area contributed by atoms with Gasteiger partial charge in [0, 0.05) is 12.2 Å². The van der Waals surface area contributed by atoms with E-state index in [0.717, 1.165) is 0 Å². The van der Waals surface area contributed by atoms with Crippen molar-refractivity contribution in [2.24, 2.45) is 0 Å². The minimum Gasteiger partial charge on any atom is -0.406 e. The molecule has 0 spiro atoms. The molecule has 0 atom stereocenters. The monoisotopic (exact) mass is 335 g/mol. The molecule has 0 aliphatic carbocycles. The maximum absolute atomic E-state index is 12.1. The van der Waals surface area contributed by atoms with Gasteiger partial charge in [-0.05, 0) is 35.9 Å². The van der Waals surface area contributed by atoms with Crippen LogP contribution in [0.1, 0.15) is 5.56 Å². The summed E-state index contributed by atoms with van der Waals surface area (Å²) < 4.78 is 40.3. The van der Waals surface area contributed by atoms with Crippen LogP contribution in [0.4, 0.5) is 18.9 Å². The molecule has 0 saturated carbocycles. The van der Waals surface area contributed by atoms with Crippen LogP contribution in [0.5, 0.6) is 5.75 Å². The standard InChI is InChI=1S/C14H10Cl2F3NO/c15-12-5-4-10(7-13(12)16)20-8-9-2-1-3-11(6-9)21-14(17,18)19/h1-7,20H,8H2. The van der Waals surface area contributed by atoms with Crippen molar-refractivity contribution in [1.29, 1.82) is 0 Å². The highest BCUT2D eigenvalue weighted by atomic mass is 35.5. The van der Waals surface area contributed by atoms with Crippen molar-refractivity contribution in [3.8, 4) is 5.75 Å². The lowest BCUT2D eigenvalue weighted by atomic mass is 10.2. The maximum Gasteiger partial charge on any atom is 0.573 e. The first kappa shape index (κ1) is 15.8. The Hall–Kier alpha value is -1.59. The van der Waals surface area contributed by atoms with E-state index < -0.39 is 6.36 Å². The van der Waals surface area contributed by atoms with E-state index in [1.165, 1.54) is 18.2 Å². The van der Waals surface area contributed by atoms with Crippen LogP contribution in [0.25, 0.3) is 0 Å². The van der Waals surface area contributed by atoms with Gasteiger partial charge in [0.25, 0.3) is 0 Å². The molecule has 1 N–H and O–H groups in total. The summed E-state index contributed by atoms with van der Waals surface area (Å²) in [6.07, 6.45) is -4.70. The van der Waals surface area contributed by atoms with Gasteiger partial charge >= 0.3 is 6.36 Å². The lowest BCUT2D eigenvalue weighted by Gasteiger charge is -2.11. The quantitative estimate of drug-likeness (QED) is 0.796. The SMILES string of the molecule is FC(F)(F)Oc1cccc(CNc2ccc(Cl)c(Cl)c2)c1. The third-order valence-corrected chi connectivity index (χ3v) is 3.29. The fourth-order valence-electron chi connectivity index (χ4n) is 1.66. The molecule has 0 radical (unpaired) electrons. The Bertz CT molecular complexity index is 632. The largest absolute Gasteiger partial charge is 0.573 e. The van der Waals surface area contributed by atoms with E-state index in [9.17, 15) is 13.2 Å². The normalized spacial score (nSPS) is 11.3. The van der Waals surface area contributed by atoms with Crippen molar-refractivity contribution in [1.82, 2.24) is 0 Å². The van der Waals surface area contributed by atoms with Crippen LogP contribution in [-0.4, -0.2) is 6.36 Å². The predicted octanol–water partition coefficient (Wildman–Crippen LogP) is 5.50. The third-order valence-electron chi connectivity index (χ3n) is 2.55. The zero-order valence-corrected chi connectivity index (χ0v) is 12.1. The van der Waals surface area contributed by atoms with E-state index in [2.05, 4.69) is 10.1 Å². The zero-order valence-electron chi connectivity index (χ0n) is 10.5. The number of hydrogen-bond donors (Lipinski definition) is 1.